The number of carbonyl (C=O) groups excluding carboxylic acids is 1. The summed E-state index contributed by atoms with van der Waals surface area (Å²) in [4.78, 5) is 12.0. The first kappa shape index (κ1) is 18.5. The summed E-state index contributed by atoms with van der Waals surface area (Å²) in [6.45, 7) is 0. The van der Waals surface area contributed by atoms with Crippen molar-refractivity contribution < 1.29 is 14.3 Å². The van der Waals surface area contributed by atoms with E-state index >= 15 is 0 Å². The summed E-state index contributed by atoms with van der Waals surface area (Å²) in [7, 11) is 3.01. The molecular formula is C17H14Cl3NO3. The lowest BCUT2D eigenvalue weighted by molar-refractivity contribution is -0.111. The molecule has 2 rings (SSSR count). The Morgan fingerprint density at radius 3 is 2.42 bits per heavy atom. The van der Waals surface area contributed by atoms with Gasteiger partial charge in [-0.2, -0.15) is 0 Å². The molecule has 0 spiro atoms. The Bertz CT molecular complexity index is 791. The molecule has 0 aliphatic carbocycles. The Hall–Kier alpha value is -1.88. The maximum atomic E-state index is 12.0. The van der Waals surface area contributed by atoms with Gasteiger partial charge in [0.15, 0.2) is 11.5 Å². The Labute approximate surface area is 154 Å². The second-order valence-corrected chi connectivity index (χ2v) is 5.94. The Morgan fingerprint density at radius 2 is 1.79 bits per heavy atom. The van der Waals surface area contributed by atoms with Crippen LogP contribution in [0.4, 0.5) is 5.69 Å². The van der Waals surface area contributed by atoms with Crippen molar-refractivity contribution in [1.29, 1.82) is 0 Å². The summed E-state index contributed by atoms with van der Waals surface area (Å²) in [5, 5.41) is 3.91. The summed E-state index contributed by atoms with van der Waals surface area (Å²) < 4.78 is 10.4. The van der Waals surface area contributed by atoms with E-state index in [1.165, 1.54) is 20.3 Å². The molecule has 7 heteroatoms. The molecule has 4 nitrogen and oxygen atoms in total. The first-order valence-electron chi connectivity index (χ1n) is 6.80. The minimum Gasteiger partial charge on any atom is -0.493 e. The van der Waals surface area contributed by atoms with E-state index in [0.29, 0.717) is 37.8 Å². The molecule has 0 radical (unpaired) electrons. The number of methoxy groups -OCH3 is 2. The number of hydrogen-bond acceptors (Lipinski definition) is 3. The molecule has 126 valence electrons. The Kier molecular flexibility index (Phi) is 6.37. The molecule has 0 fully saturated rings. The number of amides is 1. The molecule has 2 aromatic carbocycles. The third-order valence-corrected chi connectivity index (χ3v) is 3.90. The van der Waals surface area contributed by atoms with Crippen LogP contribution in [0.1, 0.15) is 5.56 Å². The highest BCUT2D eigenvalue weighted by atomic mass is 35.5. The van der Waals surface area contributed by atoms with Crippen LogP contribution >= 0.6 is 34.8 Å². The van der Waals surface area contributed by atoms with Crippen molar-refractivity contribution in [3.8, 4) is 11.5 Å². The average Bonchev–Trinajstić information content (AvgIpc) is 2.55. The number of halogens is 3. The molecule has 1 N–H and O–H groups in total. The largest absolute Gasteiger partial charge is 0.493 e. The average molecular weight is 387 g/mol. The highest BCUT2D eigenvalue weighted by Gasteiger charge is 2.10. The third kappa shape index (κ3) is 4.57. The molecule has 0 bridgehead atoms. The maximum Gasteiger partial charge on any atom is 0.248 e. The van der Waals surface area contributed by atoms with E-state index in [2.05, 4.69) is 5.32 Å². The second kappa shape index (κ2) is 8.29. The van der Waals surface area contributed by atoms with Crippen LogP contribution < -0.4 is 14.8 Å². The van der Waals surface area contributed by atoms with Crippen LogP contribution in [0.2, 0.25) is 15.1 Å². The highest BCUT2D eigenvalue weighted by Crippen LogP contribution is 2.36. The van der Waals surface area contributed by atoms with E-state index in [-0.39, 0.29) is 5.91 Å². The van der Waals surface area contributed by atoms with Gasteiger partial charge in [-0.1, -0.05) is 34.8 Å². The molecule has 0 aliphatic heterocycles. The van der Waals surface area contributed by atoms with Crippen molar-refractivity contribution >= 4 is 52.5 Å². The van der Waals surface area contributed by atoms with Crippen LogP contribution in [-0.4, -0.2) is 20.1 Å². The first-order valence-corrected chi connectivity index (χ1v) is 7.93. The fraction of sp³-hybridized carbons (Fsp3) is 0.118. The predicted molar refractivity (Wildman–Crippen MR) is 98.7 cm³/mol. The van der Waals surface area contributed by atoms with Crippen LogP contribution in [0.15, 0.2) is 36.4 Å². The smallest absolute Gasteiger partial charge is 0.248 e. The lowest BCUT2D eigenvalue weighted by Crippen LogP contribution is -2.08. The van der Waals surface area contributed by atoms with Gasteiger partial charge >= 0.3 is 0 Å². The van der Waals surface area contributed by atoms with Gasteiger partial charge in [0.2, 0.25) is 5.91 Å². The minimum absolute atomic E-state index is 0.342. The number of ether oxygens (including phenoxy) is 2. The number of hydrogen-bond donors (Lipinski definition) is 1. The fourth-order valence-corrected chi connectivity index (χ4v) is 2.72. The van der Waals surface area contributed by atoms with Crippen molar-refractivity contribution in [3.05, 3.63) is 57.0 Å². The van der Waals surface area contributed by atoms with Gasteiger partial charge in [0.05, 0.1) is 30.0 Å². The van der Waals surface area contributed by atoms with E-state index in [1.54, 1.807) is 36.4 Å². The fourth-order valence-electron chi connectivity index (χ4n) is 1.97. The van der Waals surface area contributed by atoms with E-state index in [0.717, 1.165) is 0 Å². The molecule has 0 atom stereocenters. The van der Waals surface area contributed by atoms with Gasteiger partial charge in [0, 0.05) is 11.1 Å². The predicted octanol–water partition coefficient (Wildman–Crippen LogP) is 5.32. The van der Waals surface area contributed by atoms with Crippen molar-refractivity contribution in [2.75, 3.05) is 19.5 Å². The molecular weight excluding hydrogens is 373 g/mol. The normalized spacial score (nSPS) is 10.7. The lowest BCUT2D eigenvalue weighted by atomic mass is 10.2. The summed E-state index contributed by atoms with van der Waals surface area (Å²) >= 11 is 18.0. The quantitative estimate of drug-likeness (QED) is 0.708. The van der Waals surface area contributed by atoms with E-state index in [1.807, 2.05) is 0 Å². The number of benzene rings is 2. The first-order chi connectivity index (χ1) is 11.4. The number of rotatable bonds is 5. The molecule has 0 heterocycles. The summed E-state index contributed by atoms with van der Waals surface area (Å²) in [5.74, 6) is 0.574. The third-order valence-electron chi connectivity index (χ3n) is 3.07. The Balaban J connectivity index is 2.15. The lowest BCUT2D eigenvalue weighted by Gasteiger charge is -2.10. The summed E-state index contributed by atoms with van der Waals surface area (Å²) in [6.07, 6.45) is 2.97. The van der Waals surface area contributed by atoms with Crippen LogP contribution in [0.3, 0.4) is 0 Å². The molecule has 0 saturated carbocycles. The number of nitrogens with one attached hydrogen (secondary N) is 1. The zero-order valence-electron chi connectivity index (χ0n) is 12.9. The van der Waals surface area contributed by atoms with Crippen LogP contribution in [0, 0.1) is 0 Å². The SMILES string of the molecule is COc1cc(/C=C/C(=O)Nc2ccc(Cl)cc2Cl)cc(Cl)c1OC. The molecule has 0 saturated heterocycles. The standard InChI is InChI=1S/C17H14Cl3NO3/c1-23-15-8-10(7-13(20)17(15)24-2)3-6-16(22)21-14-5-4-11(18)9-12(14)19/h3-9H,1-2H3,(H,21,22)/b6-3+. The van der Waals surface area contributed by atoms with Crippen LogP contribution in [-0.2, 0) is 4.79 Å². The van der Waals surface area contributed by atoms with Gasteiger partial charge < -0.3 is 14.8 Å². The molecule has 0 aromatic heterocycles. The van der Waals surface area contributed by atoms with Gasteiger partial charge in [0.25, 0.3) is 0 Å². The van der Waals surface area contributed by atoms with Gasteiger partial charge in [-0.15, -0.1) is 0 Å². The minimum atomic E-state index is -0.342. The van der Waals surface area contributed by atoms with E-state index in [9.17, 15) is 4.79 Å². The van der Waals surface area contributed by atoms with Gasteiger partial charge in [-0.05, 0) is 42.0 Å². The van der Waals surface area contributed by atoms with Crippen LogP contribution in [0.25, 0.3) is 6.08 Å². The summed E-state index contributed by atoms with van der Waals surface area (Å²) in [6, 6.07) is 8.20. The van der Waals surface area contributed by atoms with Gasteiger partial charge in [-0.3, -0.25) is 4.79 Å². The molecule has 0 unspecified atom stereocenters. The zero-order chi connectivity index (χ0) is 17.7. The van der Waals surface area contributed by atoms with Crippen molar-refractivity contribution in [3.63, 3.8) is 0 Å². The van der Waals surface area contributed by atoms with Crippen molar-refractivity contribution in [2.45, 2.75) is 0 Å². The number of carbonyl (C=O) groups is 1. The van der Waals surface area contributed by atoms with Crippen molar-refractivity contribution in [1.82, 2.24) is 0 Å². The van der Waals surface area contributed by atoms with E-state index in [4.69, 9.17) is 44.3 Å². The van der Waals surface area contributed by atoms with E-state index < -0.39 is 0 Å². The Morgan fingerprint density at radius 1 is 1.04 bits per heavy atom. The maximum absolute atomic E-state index is 12.0. The molecule has 1 amide bonds. The van der Waals surface area contributed by atoms with Crippen LogP contribution in [0.5, 0.6) is 11.5 Å². The van der Waals surface area contributed by atoms with Gasteiger partial charge in [-0.25, -0.2) is 0 Å². The highest BCUT2D eigenvalue weighted by molar-refractivity contribution is 6.36. The molecule has 0 aliphatic rings. The zero-order valence-corrected chi connectivity index (χ0v) is 15.2. The molecule has 24 heavy (non-hydrogen) atoms. The summed E-state index contributed by atoms with van der Waals surface area (Å²) in [5.41, 5.74) is 1.16. The second-order valence-electron chi connectivity index (χ2n) is 4.68. The molecule has 2 aromatic rings. The van der Waals surface area contributed by atoms with Gasteiger partial charge in [0.1, 0.15) is 0 Å². The topological polar surface area (TPSA) is 47.6 Å². The number of anilines is 1. The van der Waals surface area contributed by atoms with Crippen molar-refractivity contribution in [2.24, 2.45) is 0 Å². The monoisotopic (exact) mass is 385 g/mol.